The highest BCUT2D eigenvalue weighted by molar-refractivity contribution is 5.89. The van der Waals surface area contributed by atoms with Gasteiger partial charge >= 0.3 is 12.0 Å². The minimum Gasteiger partial charge on any atom is -0.481 e. The number of nitrogens with one attached hydrogen (secondary N) is 2. The van der Waals surface area contributed by atoms with E-state index in [1.54, 1.807) is 24.1 Å². The molecule has 0 aliphatic carbocycles. The molecule has 1 aromatic rings. The summed E-state index contributed by atoms with van der Waals surface area (Å²) in [7, 11) is 3.64. The first-order chi connectivity index (χ1) is 10.0. The van der Waals surface area contributed by atoms with Gasteiger partial charge in [0.05, 0.1) is 0 Å². The third-order valence-corrected chi connectivity index (χ3v) is 3.10. The number of amides is 2. The monoisotopic (exact) mass is 293 g/mol. The number of carbonyl (C=O) groups excluding carboxylic acids is 1. The number of carbonyl (C=O) groups is 2. The molecule has 0 atom stereocenters. The van der Waals surface area contributed by atoms with Crippen LogP contribution in [-0.4, -0.2) is 49.2 Å². The van der Waals surface area contributed by atoms with Crippen molar-refractivity contribution < 1.29 is 14.7 Å². The van der Waals surface area contributed by atoms with Crippen LogP contribution in [0, 0.1) is 0 Å². The SMILES string of the molecule is CNCCCN(C)C(=O)Nc1ccc(CCC(=O)O)cc1. The Morgan fingerprint density at radius 3 is 2.48 bits per heavy atom. The average Bonchev–Trinajstić information content (AvgIpc) is 2.46. The summed E-state index contributed by atoms with van der Waals surface area (Å²) in [4.78, 5) is 24.1. The molecule has 1 rings (SSSR count). The summed E-state index contributed by atoms with van der Waals surface area (Å²) in [5.74, 6) is -0.810. The quantitative estimate of drug-likeness (QED) is 0.638. The van der Waals surface area contributed by atoms with Gasteiger partial charge in [-0.25, -0.2) is 4.79 Å². The number of hydrogen-bond acceptors (Lipinski definition) is 3. The molecule has 0 radical (unpaired) electrons. The number of hydrogen-bond donors (Lipinski definition) is 3. The maximum Gasteiger partial charge on any atom is 0.321 e. The predicted molar refractivity (Wildman–Crippen MR) is 82.6 cm³/mol. The van der Waals surface area contributed by atoms with Crippen molar-refractivity contribution in [1.82, 2.24) is 10.2 Å². The van der Waals surface area contributed by atoms with Crippen LogP contribution in [0.15, 0.2) is 24.3 Å². The second kappa shape index (κ2) is 8.97. The van der Waals surface area contributed by atoms with E-state index in [1.807, 2.05) is 19.2 Å². The van der Waals surface area contributed by atoms with Crippen molar-refractivity contribution in [1.29, 1.82) is 0 Å². The molecule has 0 aliphatic heterocycles. The largest absolute Gasteiger partial charge is 0.481 e. The summed E-state index contributed by atoms with van der Waals surface area (Å²) in [5, 5.41) is 14.5. The maximum absolute atomic E-state index is 11.9. The summed E-state index contributed by atoms with van der Waals surface area (Å²) >= 11 is 0. The molecule has 1 aromatic carbocycles. The van der Waals surface area contributed by atoms with Gasteiger partial charge in [-0.1, -0.05) is 12.1 Å². The van der Waals surface area contributed by atoms with Gasteiger partial charge in [0, 0.05) is 25.7 Å². The van der Waals surface area contributed by atoms with Crippen LogP contribution in [0.4, 0.5) is 10.5 Å². The zero-order chi connectivity index (χ0) is 15.7. The van der Waals surface area contributed by atoms with E-state index in [4.69, 9.17) is 5.11 Å². The number of nitrogens with zero attached hydrogens (tertiary/aromatic N) is 1. The third kappa shape index (κ3) is 6.76. The molecule has 0 saturated carbocycles. The summed E-state index contributed by atoms with van der Waals surface area (Å²) in [6, 6.07) is 7.09. The van der Waals surface area contributed by atoms with Crippen molar-refractivity contribution in [2.45, 2.75) is 19.3 Å². The smallest absolute Gasteiger partial charge is 0.321 e. The van der Waals surface area contributed by atoms with Gasteiger partial charge in [0.15, 0.2) is 0 Å². The zero-order valence-corrected chi connectivity index (χ0v) is 12.6. The van der Waals surface area contributed by atoms with Crippen LogP contribution >= 0.6 is 0 Å². The number of aliphatic carboxylic acids is 1. The number of carboxylic acid groups (broad SMARTS) is 1. The molecular weight excluding hydrogens is 270 g/mol. The van der Waals surface area contributed by atoms with Crippen molar-refractivity contribution >= 4 is 17.7 Å². The van der Waals surface area contributed by atoms with Crippen LogP contribution in [-0.2, 0) is 11.2 Å². The number of carboxylic acids is 1. The Morgan fingerprint density at radius 2 is 1.90 bits per heavy atom. The summed E-state index contributed by atoms with van der Waals surface area (Å²) < 4.78 is 0. The van der Waals surface area contributed by atoms with E-state index in [9.17, 15) is 9.59 Å². The molecule has 0 aromatic heterocycles. The van der Waals surface area contributed by atoms with Gasteiger partial charge in [0.1, 0.15) is 0 Å². The molecule has 0 fully saturated rings. The Labute approximate surface area is 125 Å². The van der Waals surface area contributed by atoms with Gasteiger partial charge in [-0.15, -0.1) is 0 Å². The topological polar surface area (TPSA) is 81.7 Å². The van der Waals surface area contributed by atoms with Crippen molar-refractivity contribution in [3.8, 4) is 0 Å². The van der Waals surface area contributed by atoms with Crippen LogP contribution < -0.4 is 10.6 Å². The number of anilines is 1. The van der Waals surface area contributed by atoms with E-state index in [0.29, 0.717) is 18.7 Å². The molecule has 6 nitrogen and oxygen atoms in total. The lowest BCUT2D eigenvalue weighted by atomic mass is 10.1. The lowest BCUT2D eigenvalue weighted by molar-refractivity contribution is -0.136. The summed E-state index contributed by atoms with van der Waals surface area (Å²) in [6.45, 7) is 1.55. The molecule has 0 saturated heterocycles. The van der Waals surface area contributed by atoms with Gasteiger partial charge in [-0.2, -0.15) is 0 Å². The van der Waals surface area contributed by atoms with Gasteiger partial charge in [-0.3, -0.25) is 4.79 Å². The number of urea groups is 1. The molecule has 0 spiro atoms. The molecular formula is C15H23N3O3. The number of aryl methyl sites for hydroxylation is 1. The van der Waals surface area contributed by atoms with E-state index < -0.39 is 5.97 Å². The van der Waals surface area contributed by atoms with Crippen LogP contribution in [0.5, 0.6) is 0 Å². The Bertz CT molecular complexity index is 460. The van der Waals surface area contributed by atoms with E-state index in [-0.39, 0.29) is 12.5 Å². The molecule has 21 heavy (non-hydrogen) atoms. The number of rotatable bonds is 8. The minimum atomic E-state index is -0.810. The second-order valence-corrected chi connectivity index (χ2v) is 4.90. The third-order valence-electron chi connectivity index (χ3n) is 3.10. The van der Waals surface area contributed by atoms with Gasteiger partial charge < -0.3 is 20.6 Å². The Kier molecular flexibility index (Phi) is 7.25. The molecule has 0 aliphatic rings. The van der Waals surface area contributed by atoms with Crippen LogP contribution in [0.1, 0.15) is 18.4 Å². The highest BCUT2D eigenvalue weighted by Crippen LogP contribution is 2.11. The van der Waals surface area contributed by atoms with Gasteiger partial charge in [0.2, 0.25) is 0 Å². The zero-order valence-electron chi connectivity index (χ0n) is 12.6. The Hall–Kier alpha value is -2.08. The van der Waals surface area contributed by atoms with E-state index in [2.05, 4.69) is 10.6 Å². The molecule has 0 bridgehead atoms. The number of benzene rings is 1. The highest BCUT2D eigenvalue weighted by Gasteiger charge is 2.08. The maximum atomic E-state index is 11.9. The standard InChI is InChI=1S/C15H23N3O3/c1-16-10-3-11-18(2)15(21)17-13-7-4-12(5-8-13)6-9-14(19)20/h4-5,7-8,16H,3,6,9-11H2,1-2H3,(H,17,21)(H,19,20). The van der Waals surface area contributed by atoms with Crippen LogP contribution in [0.25, 0.3) is 0 Å². The fourth-order valence-corrected chi connectivity index (χ4v) is 1.82. The molecule has 0 heterocycles. The predicted octanol–water partition coefficient (Wildman–Crippen LogP) is 1.78. The molecule has 116 valence electrons. The second-order valence-electron chi connectivity index (χ2n) is 4.90. The fraction of sp³-hybridized carbons (Fsp3) is 0.467. The van der Waals surface area contributed by atoms with Gasteiger partial charge in [0.25, 0.3) is 0 Å². The van der Waals surface area contributed by atoms with Crippen LogP contribution in [0.3, 0.4) is 0 Å². The fourth-order valence-electron chi connectivity index (χ4n) is 1.82. The lowest BCUT2D eigenvalue weighted by Gasteiger charge is -2.18. The van der Waals surface area contributed by atoms with Crippen molar-refractivity contribution in [3.05, 3.63) is 29.8 Å². The Morgan fingerprint density at radius 1 is 1.24 bits per heavy atom. The molecule has 2 amide bonds. The lowest BCUT2D eigenvalue weighted by Crippen LogP contribution is -2.33. The van der Waals surface area contributed by atoms with Crippen LogP contribution in [0.2, 0.25) is 0 Å². The van der Waals surface area contributed by atoms with Gasteiger partial charge in [-0.05, 0) is 44.1 Å². The molecule has 6 heteroatoms. The molecule has 3 N–H and O–H groups in total. The van der Waals surface area contributed by atoms with Crippen molar-refractivity contribution in [2.24, 2.45) is 0 Å². The first-order valence-electron chi connectivity index (χ1n) is 7.00. The first-order valence-corrected chi connectivity index (χ1v) is 7.00. The first kappa shape index (κ1) is 17.0. The minimum absolute atomic E-state index is 0.111. The molecule has 0 unspecified atom stereocenters. The normalized spacial score (nSPS) is 10.2. The van der Waals surface area contributed by atoms with E-state index >= 15 is 0 Å². The summed E-state index contributed by atoms with van der Waals surface area (Å²) in [5.41, 5.74) is 1.65. The van der Waals surface area contributed by atoms with E-state index in [0.717, 1.165) is 18.5 Å². The van der Waals surface area contributed by atoms with Crippen molar-refractivity contribution in [2.75, 3.05) is 32.5 Å². The highest BCUT2D eigenvalue weighted by atomic mass is 16.4. The Balaban J connectivity index is 2.43. The summed E-state index contributed by atoms with van der Waals surface area (Å²) in [6.07, 6.45) is 1.50. The van der Waals surface area contributed by atoms with Crippen molar-refractivity contribution in [3.63, 3.8) is 0 Å². The van der Waals surface area contributed by atoms with E-state index in [1.165, 1.54) is 0 Å². The average molecular weight is 293 g/mol.